The van der Waals surface area contributed by atoms with E-state index in [1.165, 1.54) is 25.7 Å². The lowest BCUT2D eigenvalue weighted by Gasteiger charge is -2.36. The number of nitrogens with one attached hydrogen (secondary N) is 1. The van der Waals surface area contributed by atoms with Gasteiger partial charge in [0.05, 0.1) is 0 Å². The molecule has 20 heavy (non-hydrogen) atoms. The Kier molecular flexibility index (Phi) is 5.06. The third-order valence-corrected chi connectivity index (χ3v) is 4.68. The van der Waals surface area contributed by atoms with E-state index < -0.39 is 0 Å². The van der Waals surface area contributed by atoms with Gasteiger partial charge in [0.25, 0.3) is 0 Å². The zero-order chi connectivity index (χ0) is 14.7. The molecule has 1 aliphatic carbocycles. The molecule has 1 N–H and O–H groups in total. The number of nitrogens with zero attached hydrogens (tertiary/aromatic N) is 1. The molecule has 2 unspecified atom stereocenters. The molecular formula is C16H28N2O2. The predicted octanol–water partition coefficient (Wildman–Crippen LogP) is 2.47. The number of amides is 2. The summed E-state index contributed by atoms with van der Waals surface area (Å²) in [7, 11) is 0. The average molecular weight is 280 g/mol. The van der Waals surface area contributed by atoms with Crippen LogP contribution in [-0.2, 0) is 9.59 Å². The molecule has 0 aromatic rings. The molecule has 0 spiro atoms. The first kappa shape index (κ1) is 15.3. The highest BCUT2D eigenvalue weighted by Crippen LogP contribution is 2.27. The number of hydrogen-bond donors (Lipinski definition) is 1. The van der Waals surface area contributed by atoms with Crippen molar-refractivity contribution in [3.8, 4) is 0 Å². The molecule has 2 aliphatic rings. The van der Waals surface area contributed by atoms with Gasteiger partial charge in [-0.05, 0) is 25.7 Å². The third-order valence-electron chi connectivity index (χ3n) is 4.68. The summed E-state index contributed by atoms with van der Waals surface area (Å²) < 4.78 is 0. The Morgan fingerprint density at radius 1 is 1.10 bits per heavy atom. The fourth-order valence-electron chi connectivity index (χ4n) is 3.57. The van der Waals surface area contributed by atoms with E-state index in [0.717, 1.165) is 12.8 Å². The van der Waals surface area contributed by atoms with Crippen LogP contribution in [0.3, 0.4) is 0 Å². The SMILES string of the molecule is CC(C)C1NC(=O)CC(C)N(C2CCCCCC2)C1=O. The van der Waals surface area contributed by atoms with Crippen molar-refractivity contribution in [2.45, 2.75) is 83.8 Å². The third kappa shape index (κ3) is 3.33. The maximum absolute atomic E-state index is 12.9. The second-order valence-electron chi connectivity index (χ2n) is 6.73. The van der Waals surface area contributed by atoms with Crippen LogP contribution < -0.4 is 5.32 Å². The Labute approximate surface area is 122 Å². The van der Waals surface area contributed by atoms with Crippen molar-refractivity contribution in [1.29, 1.82) is 0 Å². The Morgan fingerprint density at radius 2 is 1.70 bits per heavy atom. The van der Waals surface area contributed by atoms with E-state index in [4.69, 9.17) is 0 Å². The van der Waals surface area contributed by atoms with E-state index >= 15 is 0 Å². The van der Waals surface area contributed by atoms with E-state index in [-0.39, 0.29) is 29.8 Å². The quantitative estimate of drug-likeness (QED) is 0.790. The van der Waals surface area contributed by atoms with Gasteiger partial charge in [0.1, 0.15) is 6.04 Å². The highest BCUT2D eigenvalue weighted by atomic mass is 16.2. The van der Waals surface area contributed by atoms with Gasteiger partial charge in [0.2, 0.25) is 11.8 Å². The van der Waals surface area contributed by atoms with Crippen LogP contribution in [0.2, 0.25) is 0 Å². The Bertz CT molecular complexity index is 359. The summed E-state index contributed by atoms with van der Waals surface area (Å²) in [5.74, 6) is 0.288. The van der Waals surface area contributed by atoms with Gasteiger partial charge in [0, 0.05) is 18.5 Å². The molecule has 114 valence electrons. The van der Waals surface area contributed by atoms with E-state index in [0.29, 0.717) is 12.5 Å². The standard InChI is InChI=1S/C16H28N2O2/c1-11(2)15-16(20)18(12(3)10-14(19)17-15)13-8-6-4-5-7-9-13/h11-13,15H,4-10H2,1-3H3,(H,17,19). The maximum atomic E-state index is 12.9. The van der Waals surface area contributed by atoms with E-state index in [1.807, 2.05) is 25.7 Å². The van der Waals surface area contributed by atoms with Gasteiger partial charge in [0.15, 0.2) is 0 Å². The lowest BCUT2D eigenvalue weighted by molar-refractivity contribution is -0.138. The van der Waals surface area contributed by atoms with Crippen LogP contribution in [0, 0.1) is 5.92 Å². The Hall–Kier alpha value is -1.06. The van der Waals surface area contributed by atoms with Crippen LogP contribution in [0.15, 0.2) is 0 Å². The number of carbonyl (C=O) groups is 2. The highest BCUT2D eigenvalue weighted by Gasteiger charge is 2.38. The Morgan fingerprint density at radius 3 is 2.25 bits per heavy atom. The fourth-order valence-corrected chi connectivity index (χ4v) is 3.57. The normalized spacial score (nSPS) is 30.1. The summed E-state index contributed by atoms with van der Waals surface area (Å²) in [4.78, 5) is 26.9. The van der Waals surface area contributed by atoms with E-state index in [2.05, 4.69) is 5.32 Å². The average Bonchev–Trinajstić information content (AvgIpc) is 2.68. The molecule has 2 atom stereocenters. The number of carbonyl (C=O) groups excluding carboxylic acids is 2. The fraction of sp³-hybridized carbons (Fsp3) is 0.875. The summed E-state index contributed by atoms with van der Waals surface area (Å²) in [6, 6.07) is -0.000923. The lowest BCUT2D eigenvalue weighted by Crippen LogP contribution is -2.52. The summed E-state index contributed by atoms with van der Waals surface area (Å²) >= 11 is 0. The van der Waals surface area contributed by atoms with Crippen molar-refractivity contribution >= 4 is 11.8 Å². The van der Waals surface area contributed by atoms with Gasteiger partial charge in [-0.3, -0.25) is 9.59 Å². The summed E-state index contributed by atoms with van der Waals surface area (Å²) in [5, 5.41) is 2.91. The van der Waals surface area contributed by atoms with Gasteiger partial charge < -0.3 is 10.2 Å². The second-order valence-corrected chi connectivity index (χ2v) is 6.73. The lowest BCUT2D eigenvalue weighted by atomic mass is 9.99. The van der Waals surface area contributed by atoms with Crippen molar-refractivity contribution in [2.75, 3.05) is 0 Å². The van der Waals surface area contributed by atoms with Crippen LogP contribution in [0.4, 0.5) is 0 Å². The smallest absolute Gasteiger partial charge is 0.245 e. The first-order valence-electron chi connectivity index (χ1n) is 8.12. The Balaban J connectivity index is 2.22. The monoisotopic (exact) mass is 280 g/mol. The van der Waals surface area contributed by atoms with E-state index in [1.54, 1.807) is 0 Å². The molecule has 2 amide bonds. The van der Waals surface area contributed by atoms with Crippen molar-refractivity contribution in [3.05, 3.63) is 0 Å². The van der Waals surface area contributed by atoms with Crippen molar-refractivity contribution in [3.63, 3.8) is 0 Å². The maximum Gasteiger partial charge on any atom is 0.245 e. The molecule has 1 aliphatic heterocycles. The summed E-state index contributed by atoms with van der Waals surface area (Å²) in [5.41, 5.74) is 0. The van der Waals surface area contributed by atoms with E-state index in [9.17, 15) is 9.59 Å². The van der Waals surface area contributed by atoms with Crippen LogP contribution >= 0.6 is 0 Å². The first-order chi connectivity index (χ1) is 9.50. The van der Waals surface area contributed by atoms with Crippen molar-refractivity contribution in [2.24, 2.45) is 5.92 Å². The van der Waals surface area contributed by atoms with Gasteiger partial charge in [-0.15, -0.1) is 0 Å². The van der Waals surface area contributed by atoms with Crippen LogP contribution in [0.1, 0.15) is 65.7 Å². The first-order valence-corrected chi connectivity index (χ1v) is 8.12. The minimum Gasteiger partial charge on any atom is -0.344 e. The molecule has 2 fully saturated rings. The molecule has 4 heteroatoms. The number of hydrogen-bond acceptors (Lipinski definition) is 2. The van der Waals surface area contributed by atoms with Crippen LogP contribution in [0.5, 0.6) is 0 Å². The molecule has 1 saturated carbocycles. The number of rotatable bonds is 2. The van der Waals surface area contributed by atoms with Gasteiger partial charge in [-0.2, -0.15) is 0 Å². The van der Waals surface area contributed by atoms with Gasteiger partial charge in [-0.1, -0.05) is 39.5 Å². The highest BCUT2D eigenvalue weighted by molar-refractivity contribution is 5.90. The zero-order valence-corrected chi connectivity index (χ0v) is 13.0. The predicted molar refractivity (Wildman–Crippen MR) is 79.2 cm³/mol. The molecule has 4 nitrogen and oxygen atoms in total. The second kappa shape index (κ2) is 6.59. The molecular weight excluding hydrogens is 252 g/mol. The van der Waals surface area contributed by atoms with Crippen LogP contribution in [0.25, 0.3) is 0 Å². The molecule has 2 rings (SSSR count). The zero-order valence-electron chi connectivity index (χ0n) is 13.0. The minimum atomic E-state index is -0.351. The van der Waals surface area contributed by atoms with Crippen molar-refractivity contribution < 1.29 is 9.59 Å². The molecule has 0 aromatic heterocycles. The minimum absolute atomic E-state index is 0.0145. The molecule has 0 radical (unpaired) electrons. The largest absolute Gasteiger partial charge is 0.344 e. The molecule has 0 aromatic carbocycles. The molecule has 1 heterocycles. The van der Waals surface area contributed by atoms with Gasteiger partial charge in [-0.25, -0.2) is 0 Å². The molecule has 0 bridgehead atoms. The van der Waals surface area contributed by atoms with Crippen LogP contribution in [-0.4, -0.2) is 34.8 Å². The summed E-state index contributed by atoms with van der Waals surface area (Å²) in [6.45, 7) is 6.03. The van der Waals surface area contributed by atoms with Crippen molar-refractivity contribution in [1.82, 2.24) is 10.2 Å². The van der Waals surface area contributed by atoms with Gasteiger partial charge >= 0.3 is 0 Å². The molecule has 1 saturated heterocycles. The summed E-state index contributed by atoms with van der Waals surface area (Å²) in [6.07, 6.45) is 7.58. The topological polar surface area (TPSA) is 49.4 Å².